The molecule has 0 aromatic rings. The highest BCUT2D eigenvalue weighted by molar-refractivity contribution is 5.78. The molecule has 2 aliphatic rings. The molecule has 2 heterocycles. The highest BCUT2D eigenvalue weighted by Gasteiger charge is 2.51. The molecular weight excluding hydrogens is 274 g/mol. The lowest BCUT2D eigenvalue weighted by Crippen LogP contribution is -2.56. The van der Waals surface area contributed by atoms with Crippen molar-refractivity contribution >= 4 is 12.1 Å². The summed E-state index contributed by atoms with van der Waals surface area (Å²) in [7, 11) is 0. The summed E-state index contributed by atoms with van der Waals surface area (Å²) in [6, 6.07) is 0. The highest BCUT2D eigenvalue weighted by atomic mass is 16.6. The first-order valence-corrected chi connectivity index (χ1v) is 7.57. The average molecular weight is 299 g/mol. The van der Waals surface area contributed by atoms with E-state index in [0.717, 1.165) is 12.8 Å². The topological polar surface area (TPSA) is 76.1 Å². The Hall–Kier alpha value is -1.30. The van der Waals surface area contributed by atoms with Gasteiger partial charge in [0.15, 0.2) is 0 Å². The summed E-state index contributed by atoms with van der Waals surface area (Å²) in [5.74, 6) is -0.873. The molecule has 0 aromatic carbocycles. The number of ether oxygens (including phenoxy) is 2. The molecule has 0 saturated carbocycles. The van der Waals surface area contributed by atoms with Crippen LogP contribution in [0.15, 0.2) is 0 Å². The van der Waals surface area contributed by atoms with E-state index in [9.17, 15) is 14.7 Å². The van der Waals surface area contributed by atoms with E-state index < -0.39 is 23.1 Å². The Balaban J connectivity index is 2.13. The van der Waals surface area contributed by atoms with Crippen LogP contribution in [0.3, 0.4) is 0 Å². The molecule has 0 spiro atoms. The molecule has 2 rings (SSSR count). The van der Waals surface area contributed by atoms with Gasteiger partial charge in [0.1, 0.15) is 11.0 Å². The van der Waals surface area contributed by atoms with Crippen LogP contribution in [0.5, 0.6) is 0 Å². The summed E-state index contributed by atoms with van der Waals surface area (Å²) in [5.41, 5.74) is -1.57. The Morgan fingerprint density at radius 3 is 2.57 bits per heavy atom. The predicted octanol–water partition coefficient (Wildman–Crippen LogP) is 2.27. The zero-order chi connectivity index (χ0) is 15.7. The van der Waals surface area contributed by atoms with Crippen molar-refractivity contribution < 1.29 is 24.2 Å². The van der Waals surface area contributed by atoms with Gasteiger partial charge >= 0.3 is 12.1 Å². The fraction of sp³-hybridized carbons (Fsp3) is 0.867. The minimum Gasteiger partial charge on any atom is -0.481 e. The molecule has 0 bridgehead atoms. The molecule has 0 radical (unpaired) electrons. The second-order valence-corrected chi connectivity index (χ2v) is 6.97. The summed E-state index contributed by atoms with van der Waals surface area (Å²) < 4.78 is 11.0. The summed E-state index contributed by atoms with van der Waals surface area (Å²) >= 11 is 0. The SMILES string of the molecule is CC(C)(C)OC(=O)N1CCCC(C(=O)O)(C2CCCO2)C1. The van der Waals surface area contributed by atoms with Gasteiger partial charge in [-0.05, 0) is 46.5 Å². The highest BCUT2D eigenvalue weighted by Crippen LogP contribution is 2.40. The maximum atomic E-state index is 12.2. The van der Waals surface area contributed by atoms with Crippen LogP contribution in [0.4, 0.5) is 4.79 Å². The molecule has 2 saturated heterocycles. The Morgan fingerprint density at radius 1 is 1.33 bits per heavy atom. The van der Waals surface area contributed by atoms with E-state index in [1.54, 1.807) is 20.8 Å². The van der Waals surface area contributed by atoms with Gasteiger partial charge in [-0.15, -0.1) is 0 Å². The van der Waals surface area contributed by atoms with Crippen molar-refractivity contribution in [2.24, 2.45) is 5.41 Å². The van der Waals surface area contributed by atoms with Crippen LogP contribution in [-0.2, 0) is 14.3 Å². The molecule has 0 aliphatic carbocycles. The Kier molecular flexibility index (Phi) is 4.46. The lowest BCUT2D eigenvalue weighted by atomic mass is 9.74. The molecule has 1 N–H and O–H groups in total. The molecule has 2 atom stereocenters. The molecule has 0 aromatic heterocycles. The number of carbonyl (C=O) groups is 2. The quantitative estimate of drug-likeness (QED) is 0.846. The molecule has 6 nitrogen and oxygen atoms in total. The number of amides is 1. The second kappa shape index (κ2) is 5.83. The standard InChI is InChI=1S/C15H25NO5/c1-14(2,3)21-13(19)16-8-5-7-15(10-16,12(17)18)11-6-4-9-20-11/h11H,4-10H2,1-3H3,(H,17,18). The van der Waals surface area contributed by atoms with Crippen molar-refractivity contribution in [1.82, 2.24) is 4.90 Å². The van der Waals surface area contributed by atoms with Gasteiger partial charge in [0.05, 0.1) is 6.10 Å². The van der Waals surface area contributed by atoms with Crippen molar-refractivity contribution in [3.05, 3.63) is 0 Å². The maximum Gasteiger partial charge on any atom is 0.410 e. The number of aliphatic carboxylic acids is 1. The smallest absolute Gasteiger partial charge is 0.410 e. The number of carboxylic acids is 1. The molecule has 2 aliphatic heterocycles. The van der Waals surface area contributed by atoms with Crippen LogP contribution in [0.1, 0.15) is 46.5 Å². The van der Waals surface area contributed by atoms with E-state index in [0.29, 0.717) is 26.0 Å². The van der Waals surface area contributed by atoms with Crippen molar-refractivity contribution in [3.63, 3.8) is 0 Å². The van der Waals surface area contributed by atoms with E-state index in [1.165, 1.54) is 4.90 Å². The van der Waals surface area contributed by atoms with Crippen LogP contribution >= 0.6 is 0 Å². The number of hydrogen-bond donors (Lipinski definition) is 1. The first-order valence-electron chi connectivity index (χ1n) is 7.57. The third kappa shape index (κ3) is 3.48. The van der Waals surface area contributed by atoms with Gasteiger partial charge in [-0.3, -0.25) is 4.79 Å². The lowest BCUT2D eigenvalue weighted by Gasteiger charge is -2.42. The summed E-state index contributed by atoms with van der Waals surface area (Å²) in [6.07, 6.45) is 2.09. The number of piperidine rings is 1. The van der Waals surface area contributed by atoms with Crippen molar-refractivity contribution in [1.29, 1.82) is 0 Å². The molecular formula is C15H25NO5. The first kappa shape index (κ1) is 16.1. The van der Waals surface area contributed by atoms with Gasteiger partial charge in [0.2, 0.25) is 0 Å². The Morgan fingerprint density at radius 2 is 2.05 bits per heavy atom. The average Bonchev–Trinajstić information content (AvgIpc) is 2.90. The van der Waals surface area contributed by atoms with E-state index in [-0.39, 0.29) is 12.6 Å². The molecule has 6 heteroatoms. The number of nitrogens with zero attached hydrogens (tertiary/aromatic N) is 1. The monoisotopic (exact) mass is 299 g/mol. The molecule has 120 valence electrons. The van der Waals surface area contributed by atoms with Crippen LogP contribution in [0.25, 0.3) is 0 Å². The van der Waals surface area contributed by atoms with Crippen LogP contribution in [-0.4, -0.2) is 53.5 Å². The predicted molar refractivity (Wildman–Crippen MR) is 76.1 cm³/mol. The van der Waals surface area contributed by atoms with Gasteiger partial charge in [0.25, 0.3) is 0 Å². The molecule has 2 unspecified atom stereocenters. The first-order chi connectivity index (χ1) is 9.74. The third-order valence-corrected chi connectivity index (χ3v) is 4.15. The van der Waals surface area contributed by atoms with Gasteiger partial charge in [0, 0.05) is 19.7 Å². The van der Waals surface area contributed by atoms with E-state index >= 15 is 0 Å². The Labute approximate surface area is 125 Å². The second-order valence-electron chi connectivity index (χ2n) is 6.97. The minimum atomic E-state index is -0.994. The van der Waals surface area contributed by atoms with Crippen molar-refractivity contribution in [3.8, 4) is 0 Å². The number of carboxylic acid groups (broad SMARTS) is 1. The van der Waals surface area contributed by atoms with Crippen molar-refractivity contribution in [2.45, 2.75) is 58.2 Å². The molecule has 2 fully saturated rings. The van der Waals surface area contributed by atoms with Gasteiger partial charge in [-0.2, -0.15) is 0 Å². The number of carbonyl (C=O) groups excluding carboxylic acids is 1. The molecule has 1 amide bonds. The normalized spacial score (nSPS) is 30.2. The van der Waals surface area contributed by atoms with Crippen molar-refractivity contribution in [2.75, 3.05) is 19.7 Å². The number of rotatable bonds is 2. The van der Waals surface area contributed by atoms with E-state index in [1.807, 2.05) is 0 Å². The van der Waals surface area contributed by atoms with Gasteiger partial charge in [-0.1, -0.05) is 0 Å². The fourth-order valence-electron chi connectivity index (χ4n) is 3.15. The number of hydrogen-bond acceptors (Lipinski definition) is 4. The molecule has 21 heavy (non-hydrogen) atoms. The maximum absolute atomic E-state index is 12.2. The van der Waals surface area contributed by atoms with Crippen LogP contribution < -0.4 is 0 Å². The minimum absolute atomic E-state index is 0.169. The van der Waals surface area contributed by atoms with Crippen LogP contribution in [0.2, 0.25) is 0 Å². The fourth-order valence-corrected chi connectivity index (χ4v) is 3.15. The number of likely N-dealkylation sites (tertiary alicyclic amines) is 1. The van der Waals surface area contributed by atoms with Gasteiger partial charge < -0.3 is 19.5 Å². The van der Waals surface area contributed by atoms with Crippen LogP contribution in [0, 0.1) is 5.41 Å². The Bertz CT molecular complexity index is 411. The summed E-state index contributed by atoms with van der Waals surface area (Å²) in [5, 5.41) is 9.72. The van der Waals surface area contributed by atoms with E-state index in [2.05, 4.69) is 0 Å². The zero-order valence-corrected chi connectivity index (χ0v) is 13.1. The summed E-state index contributed by atoms with van der Waals surface area (Å²) in [4.78, 5) is 25.6. The zero-order valence-electron chi connectivity index (χ0n) is 13.1. The largest absolute Gasteiger partial charge is 0.481 e. The lowest BCUT2D eigenvalue weighted by molar-refractivity contribution is -0.162. The van der Waals surface area contributed by atoms with Gasteiger partial charge in [-0.25, -0.2) is 4.79 Å². The third-order valence-electron chi connectivity index (χ3n) is 4.15. The summed E-state index contributed by atoms with van der Waals surface area (Å²) in [6.45, 7) is 6.73. The van der Waals surface area contributed by atoms with E-state index in [4.69, 9.17) is 9.47 Å².